The molecular weight excluding hydrogens is 433 g/mol. The van der Waals surface area contributed by atoms with Gasteiger partial charge >= 0.3 is 19.1 Å². The first-order valence-electron chi connectivity index (χ1n) is 11.2. The quantitative estimate of drug-likeness (QED) is 0.545. The fourth-order valence-corrected chi connectivity index (χ4v) is 4.25. The summed E-state index contributed by atoms with van der Waals surface area (Å²) in [7, 11) is 0.597. The van der Waals surface area contributed by atoms with Gasteiger partial charge in [-0.3, -0.25) is 14.5 Å². The van der Waals surface area contributed by atoms with Gasteiger partial charge in [-0.25, -0.2) is 0 Å². The van der Waals surface area contributed by atoms with Gasteiger partial charge in [0, 0.05) is 11.0 Å². The van der Waals surface area contributed by atoms with E-state index >= 15 is 0 Å². The lowest BCUT2D eigenvalue weighted by Gasteiger charge is -2.22. The second kappa shape index (κ2) is 9.61. The van der Waals surface area contributed by atoms with E-state index in [9.17, 15) is 9.59 Å². The highest BCUT2D eigenvalue weighted by Gasteiger charge is 2.34. The molecule has 3 aromatic carbocycles. The maximum absolute atomic E-state index is 12.0. The smallest absolute Gasteiger partial charge is 0.494 e. The molecule has 1 aliphatic carbocycles. The molecule has 0 bridgehead atoms. The lowest BCUT2D eigenvalue weighted by Crippen LogP contribution is -2.47. The van der Waals surface area contributed by atoms with Crippen molar-refractivity contribution < 1.29 is 28.4 Å². The van der Waals surface area contributed by atoms with Gasteiger partial charge in [0.25, 0.3) is 0 Å². The molecule has 1 fully saturated rings. The van der Waals surface area contributed by atoms with Gasteiger partial charge in [-0.1, -0.05) is 42.5 Å². The molecule has 0 spiro atoms. The minimum absolute atomic E-state index is 0.0316. The Balaban J connectivity index is 1.28. The first-order valence-corrected chi connectivity index (χ1v) is 11.2. The summed E-state index contributed by atoms with van der Waals surface area (Å²) in [5, 5.41) is 0. The number of para-hydroxylation sites is 1. The Kier molecular flexibility index (Phi) is 6.23. The molecule has 8 heteroatoms. The van der Waals surface area contributed by atoms with Crippen LogP contribution in [0.2, 0.25) is 0 Å². The Labute approximate surface area is 198 Å². The van der Waals surface area contributed by atoms with Crippen LogP contribution in [0.15, 0.2) is 72.8 Å². The zero-order valence-electron chi connectivity index (χ0n) is 18.8. The van der Waals surface area contributed by atoms with Gasteiger partial charge in [-0.2, -0.15) is 0 Å². The molecule has 5 rings (SSSR count). The number of rotatable bonds is 5. The van der Waals surface area contributed by atoms with Gasteiger partial charge in [0.15, 0.2) is 0 Å². The first-order chi connectivity index (χ1) is 16.5. The molecule has 3 aromatic rings. The molecule has 0 N–H and O–H groups in total. The predicted octanol–water partition coefficient (Wildman–Crippen LogP) is 3.27. The molecule has 34 heavy (non-hydrogen) atoms. The summed E-state index contributed by atoms with van der Waals surface area (Å²) >= 11 is 0. The van der Waals surface area contributed by atoms with Crippen LogP contribution in [0.3, 0.4) is 0 Å². The number of likely N-dealkylation sites (N-methyl/N-ethyl adjacent to an activating group) is 1. The number of hydrogen-bond donors (Lipinski definition) is 0. The van der Waals surface area contributed by atoms with Crippen molar-refractivity contribution >= 4 is 24.5 Å². The van der Waals surface area contributed by atoms with E-state index in [4.69, 9.17) is 18.8 Å². The van der Waals surface area contributed by atoms with Crippen molar-refractivity contribution in [3.63, 3.8) is 0 Å². The summed E-state index contributed by atoms with van der Waals surface area (Å²) in [5.41, 5.74) is 2.85. The average molecular weight is 457 g/mol. The molecule has 1 unspecified atom stereocenters. The lowest BCUT2D eigenvalue weighted by molar-refractivity contribution is -0.145. The molecule has 0 saturated carbocycles. The maximum atomic E-state index is 12.0. The van der Waals surface area contributed by atoms with E-state index in [-0.39, 0.29) is 19.2 Å². The highest BCUT2D eigenvalue weighted by atomic mass is 16.6. The van der Waals surface area contributed by atoms with Crippen LogP contribution in [0.5, 0.6) is 17.2 Å². The molecule has 172 valence electrons. The van der Waals surface area contributed by atoms with Crippen molar-refractivity contribution in [3.8, 4) is 17.2 Å². The Bertz CT molecular complexity index is 1160. The fourth-order valence-electron chi connectivity index (χ4n) is 4.25. The van der Waals surface area contributed by atoms with E-state index in [1.54, 1.807) is 36.2 Å². The summed E-state index contributed by atoms with van der Waals surface area (Å²) in [4.78, 5) is 25.6. The van der Waals surface area contributed by atoms with Gasteiger partial charge in [0.2, 0.25) is 0 Å². The van der Waals surface area contributed by atoms with Gasteiger partial charge in [-0.15, -0.1) is 0 Å². The third-order valence-electron chi connectivity index (χ3n) is 5.85. The predicted molar refractivity (Wildman–Crippen MR) is 126 cm³/mol. The number of carbonyl (C=O) groups is 2. The van der Waals surface area contributed by atoms with Crippen molar-refractivity contribution in [1.82, 2.24) is 4.90 Å². The van der Waals surface area contributed by atoms with Gasteiger partial charge in [0.05, 0.1) is 13.1 Å². The molecular formula is C26H24BNO6. The van der Waals surface area contributed by atoms with Crippen LogP contribution in [0, 0.1) is 0 Å². The van der Waals surface area contributed by atoms with E-state index in [1.165, 1.54) is 0 Å². The molecule has 0 amide bonds. The van der Waals surface area contributed by atoms with Crippen LogP contribution in [0.4, 0.5) is 0 Å². The van der Waals surface area contributed by atoms with Crippen molar-refractivity contribution in [1.29, 1.82) is 0 Å². The summed E-state index contributed by atoms with van der Waals surface area (Å²) in [6.07, 6.45) is 1.62. The van der Waals surface area contributed by atoms with Gasteiger partial charge in [0.1, 0.15) is 23.4 Å². The maximum Gasteiger partial charge on any atom is 0.636 e. The minimum Gasteiger partial charge on any atom is -0.494 e. The fraction of sp³-hybridized carbons (Fsp3) is 0.231. The molecule has 0 aromatic heterocycles. The third-order valence-corrected chi connectivity index (χ3v) is 5.85. The zero-order chi connectivity index (χ0) is 23.5. The molecule has 1 aliphatic heterocycles. The Hall–Kier alpha value is -3.78. The summed E-state index contributed by atoms with van der Waals surface area (Å²) in [6, 6.07) is 22.9. The number of hydrogen-bond acceptors (Lipinski definition) is 7. The number of fused-ring (bicyclic) bond motifs is 1. The Morgan fingerprint density at radius 3 is 2.26 bits per heavy atom. The second-order valence-corrected chi connectivity index (χ2v) is 8.44. The normalized spacial score (nSPS) is 18.4. The van der Waals surface area contributed by atoms with Gasteiger partial charge < -0.3 is 18.8 Å². The molecule has 0 radical (unpaired) electrons. The highest BCUT2D eigenvalue weighted by Crippen LogP contribution is 2.40. The summed E-state index contributed by atoms with van der Waals surface area (Å²) in [5.74, 6) is 1.44. The van der Waals surface area contributed by atoms with Crippen LogP contribution < -0.4 is 14.9 Å². The second-order valence-electron chi connectivity index (χ2n) is 8.44. The minimum atomic E-state index is -1.06. The average Bonchev–Trinajstić information content (AvgIpc) is 3.22. The van der Waals surface area contributed by atoms with E-state index in [2.05, 4.69) is 6.07 Å². The van der Waals surface area contributed by atoms with Crippen LogP contribution in [-0.2, 0) is 25.3 Å². The highest BCUT2D eigenvalue weighted by molar-refractivity contribution is 6.64. The van der Waals surface area contributed by atoms with Crippen molar-refractivity contribution in [2.75, 3.05) is 20.1 Å². The molecule has 1 atom stereocenters. The molecule has 1 saturated heterocycles. The number of carbonyl (C=O) groups excluding carboxylic acids is 2. The lowest BCUT2D eigenvalue weighted by atomic mass is 9.78. The number of benzene rings is 3. The third kappa shape index (κ3) is 4.92. The van der Waals surface area contributed by atoms with Crippen LogP contribution in [-0.4, -0.2) is 44.1 Å². The van der Waals surface area contributed by atoms with Gasteiger partial charge in [-0.05, 0) is 55.8 Å². The largest absolute Gasteiger partial charge is 0.636 e. The van der Waals surface area contributed by atoms with Crippen molar-refractivity contribution in [3.05, 3.63) is 83.9 Å². The zero-order valence-corrected chi connectivity index (χ0v) is 18.8. The first kappa shape index (κ1) is 22.0. The van der Waals surface area contributed by atoms with Crippen LogP contribution in [0.25, 0.3) is 0 Å². The van der Waals surface area contributed by atoms with Crippen LogP contribution in [0.1, 0.15) is 23.7 Å². The van der Waals surface area contributed by atoms with Crippen molar-refractivity contribution in [2.45, 2.75) is 18.9 Å². The molecule has 1 heterocycles. The van der Waals surface area contributed by atoms with E-state index in [1.807, 2.05) is 42.5 Å². The monoisotopic (exact) mass is 457 g/mol. The summed E-state index contributed by atoms with van der Waals surface area (Å²) in [6.45, 7) is 0.0632. The van der Waals surface area contributed by atoms with Crippen LogP contribution >= 0.6 is 0 Å². The van der Waals surface area contributed by atoms with E-state index in [0.717, 1.165) is 35.5 Å². The van der Waals surface area contributed by atoms with E-state index < -0.39 is 19.1 Å². The topological polar surface area (TPSA) is 74.3 Å². The van der Waals surface area contributed by atoms with E-state index in [0.29, 0.717) is 11.2 Å². The van der Waals surface area contributed by atoms with Crippen molar-refractivity contribution in [2.24, 2.45) is 0 Å². The Morgan fingerprint density at radius 2 is 1.56 bits per heavy atom. The SMILES string of the molecule is CN1CC(=O)OB(c2ccc(OC3CCc4c(Oc5ccccc5)cccc43)cc2)OC(=O)C1. The summed E-state index contributed by atoms with van der Waals surface area (Å²) < 4.78 is 23.0. The molecule has 2 aliphatic rings. The standard InChI is InChI=1S/C26H24BNO6/c1-28-16-25(29)33-27(34-26(30)17-28)18-10-12-20(13-11-18)32-24-15-14-22-21(24)8-5-9-23(22)31-19-6-3-2-4-7-19/h2-13,24H,14-17H2,1H3. The Morgan fingerprint density at radius 1 is 0.853 bits per heavy atom. The number of ether oxygens (including phenoxy) is 2. The molecule has 7 nitrogen and oxygen atoms in total. The number of nitrogens with zero attached hydrogens (tertiary/aromatic N) is 1.